The zero-order valence-corrected chi connectivity index (χ0v) is 31.3. The third kappa shape index (κ3) is 27.5. The Bertz CT molecular complexity index is 719. The minimum absolute atomic E-state index is 0.219. The van der Waals surface area contributed by atoms with Crippen molar-refractivity contribution in [1.82, 2.24) is 0 Å². The van der Waals surface area contributed by atoms with Gasteiger partial charge >= 0.3 is 11.9 Å². The van der Waals surface area contributed by atoms with E-state index in [-0.39, 0.29) is 26.1 Å². The summed E-state index contributed by atoms with van der Waals surface area (Å²) in [7, 11) is 0. The normalized spacial score (nSPS) is 15.0. The van der Waals surface area contributed by atoms with Gasteiger partial charge in [-0.2, -0.15) is 19.6 Å². The second-order valence-electron chi connectivity index (χ2n) is 12.5. The molecule has 0 heterocycles. The van der Waals surface area contributed by atoms with Crippen molar-refractivity contribution in [2.24, 2.45) is 0 Å². The summed E-state index contributed by atoms with van der Waals surface area (Å²) < 4.78 is 11.2. The largest absolute Gasteiger partial charge is 0.339 e. The zero-order valence-electron chi connectivity index (χ0n) is 31.3. The molecule has 0 saturated heterocycles. The van der Waals surface area contributed by atoms with Gasteiger partial charge in [0.15, 0.2) is 0 Å². The topological polar surface area (TPSA) is 95.8 Å². The fourth-order valence-electron chi connectivity index (χ4n) is 5.32. The first-order chi connectivity index (χ1) is 23.6. The number of unbranched alkanes of at least 4 members (excludes halogenated alkanes) is 16. The van der Waals surface area contributed by atoms with Crippen LogP contribution in [0.15, 0.2) is 48.6 Å². The minimum Gasteiger partial charge on any atom is -0.324 e. The molecule has 8 heteroatoms. The van der Waals surface area contributed by atoms with Gasteiger partial charge in [-0.25, -0.2) is 10.5 Å². The van der Waals surface area contributed by atoms with Crippen LogP contribution in [-0.2, 0) is 29.0 Å². The molecule has 0 fully saturated rings. The lowest BCUT2D eigenvalue weighted by Crippen LogP contribution is -2.45. The molecule has 0 aromatic rings. The van der Waals surface area contributed by atoms with E-state index in [1.165, 1.54) is 51.4 Å². The van der Waals surface area contributed by atoms with E-state index >= 15 is 0 Å². The van der Waals surface area contributed by atoms with Gasteiger partial charge in [0, 0.05) is 26.1 Å². The highest BCUT2D eigenvalue weighted by molar-refractivity contribution is 4.93. The van der Waals surface area contributed by atoms with E-state index in [4.69, 9.17) is 19.2 Å². The van der Waals surface area contributed by atoms with Gasteiger partial charge in [0.05, 0.1) is 0 Å². The van der Waals surface area contributed by atoms with Crippen molar-refractivity contribution in [2.75, 3.05) is 13.2 Å². The third-order valence-corrected chi connectivity index (χ3v) is 8.17. The van der Waals surface area contributed by atoms with Crippen LogP contribution in [-0.4, -0.2) is 35.7 Å². The Morgan fingerprint density at radius 3 is 1.02 bits per heavy atom. The Morgan fingerprint density at radius 2 is 0.708 bits per heavy atom. The van der Waals surface area contributed by atoms with Crippen LogP contribution in [0.1, 0.15) is 182 Å². The highest BCUT2D eigenvalue weighted by Gasteiger charge is 2.42. The second-order valence-corrected chi connectivity index (χ2v) is 12.5. The molecule has 2 N–H and O–H groups in total. The van der Waals surface area contributed by atoms with Gasteiger partial charge in [-0.1, -0.05) is 127 Å². The van der Waals surface area contributed by atoms with Gasteiger partial charge < -0.3 is 9.47 Å². The Balaban J connectivity index is 4.39. The first-order valence-corrected chi connectivity index (χ1v) is 19.5. The Hall–Kier alpha value is -1.36. The molecule has 282 valence electrons. The second kappa shape index (κ2) is 35.5. The molecule has 2 atom stereocenters. The minimum atomic E-state index is -1.85. The molecule has 0 aliphatic heterocycles. The van der Waals surface area contributed by atoms with Crippen LogP contribution in [0.2, 0.25) is 0 Å². The number of ether oxygens (including phenoxy) is 2. The van der Waals surface area contributed by atoms with Crippen molar-refractivity contribution in [2.45, 2.75) is 194 Å². The number of hydrogen-bond donors (Lipinski definition) is 2. The van der Waals surface area contributed by atoms with E-state index < -0.39 is 11.9 Å². The maximum absolute atomic E-state index is 9.74. The Kier molecular flexibility index (Phi) is 34.5. The van der Waals surface area contributed by atoms with Gasteiger partial charge in [-0.15, -0.1) is 0 Å². The van der Waals surface area contributed by atoms with E-state index in [0.29, 0.717) is 12.8 Å². The molecular formula is C40H74O8. The molecular weight excluding hydrogens is 608 g/mol. The average Bonchev–Trinajstić information content (AvgIpc) is 3.10. The molecule has 8 nitrogen and oxygen atoms in total. The summed E-state index contributed by atoms with van der Waals surface area (Å²) in [6, 6.07) is 0. The van der Waals surface area contributed by atoms with Gasteiger partial charge in [0.25, 0.3) is 0 Å². The zero-order chi connectivity index (χ0) is 35.3. The SMILES string of the molecule is CCCCCC=CCC=CCCCCCCCC(OO)(OCC)OOC(CCCCCCCC=CCC=CCCCCC)(OO)OCC. The number of rotatable bonds is 37. The van der Waals surface area contributed by atoms with Crippen molar-refractivity contribution in [1.29, 1.82) is 0 Å². The van der Waals surface area contributed by atoms with E-state index in [1.807, 2.05) is 0 Å². The van der Waals surface area contributed by atoms with Crippen molar-refractivity contribution >= 4 is 0 Å². The molecule has 0 radical (unpaired) electrons. The van der Waals surface area contributed by atoms with Gasteiger partial charge in [0.2, 0.25) is 0 Å². The van der Waals surface area contributed by atoms with E-state index in [0.717, 1.165) is 77.0 Å². The summed E-state index contributed by atoms with van der Waals surface area (Å²) in [6.45, 7) is 8.45. The standard InChI is InChI=1S/C40H74O8/c1-5-9-11-13-15-17-19-21-23-25-27-29-31-33-35-37-39(45-41,43-7-3)47-48-40(46-42,44-8-4)38-36-34-32-30-28-26-24-22-20-18-16-14-12-10-6-2/h15-18,21-24,41-42H,5-14,19-20,25-38H2,1-4H3. The maximum Gasteiger partial charge on any atom is 0.339 e. The maximum atomic E-state index is 9.74. The van der Waals surface area contributed by atoms with Crippen LogP contribution < -0.4 is 0 Å². The summed E-state index contributed by atoms with van der Waals surface area (Å²) >= 11 is 0. The molecule has 0 rings (SSSR count). The molecule has 2 unspecified atom stereocenters. The third-order valence-electron chi connectivity index (χ3n) is 8.17. The highest BCUT2D eigenvalue weighted by atomic mass is 17.4. The van der Waals surface area contributed by atoms with Crippen LogP contribution in [0.4, 0.5) is 0 Å². The van der Waals surface area contributed by atoms with Gasteiger partial charge in [-0.3, -0.25) is 0 Å². The number of hydrogen-bond acceptors (Lipinski definition) is 8. The Labute approximate surface area is 294 Å². The van der Waals surface area contributed by atoms with Crippen LogP contribution >= 0.6 is 0 Å². The van der Waals surface area contributed by atoms with Crippen molar-refractivity contribution in [3.05, 3.63) is 48.6 Å². The average molecular weight is 683 g/mol. The van der Waals surface area contributed by atoms with E-state index in [2.05, 4.69) is 72.2 Å². The molecule has 0 amide bonds. The summed E-state index contributed by atoms with van der Waals surface area (Å²) in [5, 5.41) is 19.5. The molecule has 0 bridgehead atoms. The lowest BCUT2D eigenvalue weighted by molar-refractivity contribution is -0.647. The summed E-state index contributed by atoms with van der Waals surface area (Å²) in [6.07, 6.45) is 42.7. The summed E-state index contributed by atoms with van der Waals surface area (Å²) in [5.41, 5.74) is 0. The lowest BCUT2D eigenvalue weighted by Gasteiger charge is -2.33. The van der Waals surface area contributed by atoms with E-state index in [9.17, 15) is 10.5 Å². The summed E-state index contributed by atoms with van der Waals surface area (Å²) in [4.78, 5) is 20.3. The first kappa shape index (κ1) is 46.6. The quantitative estimate of drug-likeness (QED) is 0.0220. The molecule has 0 spiro atoms. The van der Waals surface area contributed by atoms with Crippen molar-refractivity contribution in [3.8, 4) is 0 Å². The molecule has 0 aliphatic rings. The van der Waals surface area contributed by atoms with Crippen LogP contribution in [0.3, 0.4) is 0 Å². The van der Waals surface area contributed by atoms with E-state index in [1.54, 1.807) is 13.8 Å². The smallest absolute Gasteiger partial charge is 0.324 e. The predicted octanol–water partition coefficient (Wildman–Crippen LogP) is 12.9. The Morgan fingerprint density at radius 1 is 0.396 bits per heavy atom. The molecule has 0 aromatic heterocycles. The molecule has 0 aromatic carbocycles. The monoisotopic (exact) mass is 683 g/mol. The van der Waals surface area contributed by atoms with Gasteiger partial charge in [0.1, 0.15) is 0 Å². The molecule has 0 aliphatic carbocycles. The van der Waals surface area contributed by atoms with Crippen LogP contribution in [0.5, 0.6) is 0 Å². The highest BCUT2D eigenvalue weighted by Crippen LogP contribution is 2.30. The van der Waals surface area contributed by atoms with Crippen molar-refractivity contribution in [3.63, 3.8) is 0 Å². The summed E-state index contributed by atoms with van der Waals surface area (Å²) in [5.74, 6) is -3.69. The fraction of sp³-hybridized carbons (Fsp3) is 0.800. The predicted molar refractivity (Wildman–Crippen MR) is 197 cm³/mol. The van der Waals surface area contributed by atoms with Crippen LogP contribution in [0, 0.1) is 0 Å². The number of allylic oxidation sites excluding steroid dienone is 8. The van der Waals surface area contributed by atoms with Gasteiger partial charge in [-0.05, 0) is 90.9 Å². The molecule has 0 saturated carbocycles. The fourth-order valence-corrected chi connectivity index (χ4v) is 5.32. The van der Waals surface area contributed by atoms with Crippen LogP contribution in [0.25, 0.3) is 0 Å². The lowest BCUT2D eigenvalue weighted by atomic mass is 10.1. The van der Waals surface area contributed by atoms with Crippen molar-refractivity contribution < 1.29 is 39.5 Å². The first-order valence-electron chi connectivity index (χ1n) is 19.5. The molecule has 48 heavy (non-hydrogen) atoms.